The Bertz CT molecular complexity index is 820. The lowest BCUT2D eigenvalue weighted by atomic mass is 10.2. The van der Waals surface area contributed by atoms with Crippen molar-refractivity contribution >= 4 is 29.3 Å². The minimum Gasteiger partial charge on any atom is -0.466 e. The van der Waals surface area contributed by atoms with Gasteiger partial charge in [-0.3, -0.25) is 4.79 Å². The van der Waals surface area contributed by atoms with Crippen molar-refractivity contribution in [2.75, 3.05) is 11.9 Å². The molecule has 0 saturated heterocycles. The first-order valence-corrected chi connectivity index (χ1v) is 7.93. The summed E-state index contributed by atoms with van der Waals surface area (Å²) < 4.78 is 10.3. The molecule has 0 bridgehead atoms. The molecule has 0 unspecified atom stereocenters. The number of furan rings is 1. The highest BCUT2D eigenvalue weighted by Crippen LogP contribution is 2.23. The summed E-state index contributed by atoms with van der Waals surface area (Å²) in [4.78, 5) is 24.7. The Morgan fingerprint density at radius 3 is 2.62 bits per heavy atom. The van der Waals surface area contributed by atoms with Gasteiger partial charge in [-0.15, -0.1) is 0 Å². The molecular formula is C17H16N2O4S. The van der Waals surface area contributed by atoms with Crippen LogP contribution in [0.3, 0.4) is 0 Å². The lowest BCUT2D eigenvalue weighted by Crippen LogP contribution is -2.21. The molecule has 0 spiro atoms. The number of thioether (sulfide) groups is 1. The van der Waals surface area contributed by atoms with E-state index in [1.54, 1.807) is 38.1 Å². The highest BCUT2D eigenvalue weighted by atomic mass is 32.2. The van der Waals surface area contributed by atoms with Crippen LogP contribution in [-0.2, 0) is 9.53 Å². The summed E-state index contributed by atoms with van der Waals surface area (Å²) in [6, 6.07) is 6.82. The minimum absolute atomic E-state index is 0.314. The van der Waals surface area contributed by atoms with Gasteiger partial charge in [-0.25, -0.2) is 4.79 Å². The summed E-state index contributed by atoms with van der Waals surface area (Å²) in [6.45, 7) is 4.82. The number of hydrogen-bond acceptors (Lipinski definition) is 6. The van der Waals surface area contributed by atoms with Gasteiger partial charge in [0.15, 0.2) is 6.61 Å². The van der Waals surface area contributed by atoms with Gasteiger partial charge in [-0.05, 0) is 62.4 Å². The van der Waals surface area contributed by atoms with Crippen molar-refractivity contribution in [3.63, 3.8) is 0 Å². The van der Waals surface area contributed by atoms with Crippen LogP contribution in [0.2, 0.25) is 0 Å². The standard InChI is InChI=1S/C17H16N2O4S/c1-10-6-13(24-9-18)4-5-15(10)19-16(20)8-22-17(21)14-7-11(2)23-12(14)3/h4-7H,8H2,1-3H3,(H,19,20). The molecule has 0 aliphatic rings. The first-order valence-electron chi connectivity index (χ1n) is 7.11. The average Bonchev–Trinajstić information content (AvgIpc) is 2.86. The number of aryl methyl sites for hydroxylation is 3. The van der Waals surface area contributed by atoms with E-state index in [0.717, 1.165) is 22.2 Å². The number of thiocyanates is 1. The fourth-order valence-electron chi connectivity index (χ4n) is 2.12. The summed E-state index contributed by atoms with van der Waals surface area (Å²) in [6.07, 6.45) is 0. The van der Waals surface area contributed by atoms with Crippen molar-refractivity contribution in [1.82, 2.24) is 0 Å². The van der Waals surface area contributed by atoms with Crippen molar-refractivity contribution in [3.05, 3.63) is 46.9 Å². The van der Waals surface area contributed by atoms with Gasteiger partial charge in [0.2, 0.25) is 0 Å². The molecule has 2 aromatic rings. The molecule has 6 nitrogen and oxygen atoms in total. The summed E-state index contributed by atoms with van der Waals surface area (Å²) >= 11 is 1.05. The van der Waals surface area contributed by atoms with E-state index in [1.165, 1.54) is 0 Å². The second-order valence-corrected chi connectivity index (χ2v) is 5.98. The number of carbonyl (C=O) groups is 2. The number of nitriles is 1. The van der Waals surface area contributed by atoms with E-state index in [-0.39, 0.29) is 0 Å². The molecule has 1 N–H and O–H groups in total. The number of hydrogen-bond donors (Lipinski definition) is 1. The minimum atomic E-state index is -0.600. The van der Waals surface area contributed by atoms with Crippen LogP contribution >= 0.6 is 11.8 Å². The van der Waals surface area contributed by atoms with Crippen LogP contribution in [0.25, 0.3) is 0 Å². The van der Waals surface area contributed by atoms with Gasteiger partial charge in [0, 0.05) is 10.6 Å². The maximum atomic E-state index is 11.9. The molecule has 0 radical (unpaired) electrons. The third kappa shape index (κ3) is 4.40. The van der Waals surface area contributed by atoms with E-state index in [9.17, 15) is 9.59 Å². The Kier molecular flexibility index (Phi) is 5.66. The number of benzene rings is 1. The van der Waals surface area contributed by atoms with E-state index in [2.05, 4.69) is 5.32 Å². The van der Waals surface area contributed by atoms with Crippen LogP contribution in [0.4, 0.5) is 5.69 Å². The molecule has 1 aromatic heterocycles. The highest BCUT2D eigenvalue weighted by Gasteiger charge is 2.16. The van der Waals surface area contributed by atoms with Crippen LogP contribution in [0, 0.1) is 31.4 Å². The highest BCUT2D eigenvalue weighted by molar-refractivity contribution is 8.03. The van der Waals surface area contributed by atoms with Crippen molar-refractivity contribution in [1.29, 1.82) is 5.26 Å². The van der Waals surface area contributed by atoms with E-state index >= 15 is 0 Å². The number of carbonyl (C=O) groups excluding carboxylic acids is 2. The summed E-state index contributed by atoms with van der Waals surface area (Å²) in [7, 11) is 0. The third-order valence-corrected chi connectivity index (χ3v) is 3.81. The Morgan fingerprint density at radius 1 is 1.29 bits per heavy atom. The van der Waals surface area contributed by atoms with Crippen molar-refractivity contribution in [3.8, 4) is 5.40 Å². The van der Waals surface area contributed by atoms with Crippen LogP contribution in [0.15, 0.2) is 33.6 Å². The molecule has 1 amide bonds. The zero-order valence-electron chi connectivity index (χ0n) is 13.5. The molecule has 24 heavy (non-hydrogen) atoms. The molecular weight excluding hydrogens is 328 g/mol. The molecule has 7 heteroatoms. The average molecular weight is 344 g/mol. The van der Waals surface area contributed by atoms with Crippen molar-refractivity contribution in [2.45, 2.75) is 25.7 Å². The zero-order valence-corrected chi connectivity index (χ0v) is 14.3. The monoisotopic (exact) mass is 344 g/mol. The van der Waals surface area contributed by atoms with Gasteiger partial charge in [0.05, 0.1) is 0 Å². The van der Waals surface area contributed by atoms with E-state index in [0.29, 0.717) is 22.8 Å². The number of nitrogens with zero attached hydrogens (tertiary/aromatic N) is 1. The van der Waals surface area contributed by atoms with Crippen LogP contribution in [0.5, 0.6) is 0 Å². The number of esters is 1. The first kappa shape index (κ1) is 17.6. The fraction of sp³-hybridized carbons (Fsp3) is 0.235. The van der Waals surface area contributed by atoms with Gasteiger partial charge >= 0.3 is 5.97 Å². The predicted octanol–water partition coefficient (Wildman–Crippen LogP) is 3.57. The van der Waals surface area contributed by atoms with E-state index in [1.807, 2.05) is 12.3 Å². The van der Waals surface area contributed by atoms with Gasteiger partial charge in [0.25, 0.3) is 5.91 Å². The van der Waals surface area contributed by atoms with Gasteiger partial charge in [0.1, 0.15) is 22.5 Å². The van der Waals surface area contributed by atoms with Gasteiger partial charge in [-0.2, -0.15) is 5.26 Å². The topological polar surface area (TPSA) is 92.3 Å². The van der Waals surface area contributed by atoms with Crippen LogP contribution in [0.1, 0.15) is 27.4 Å². The number of rotatable bonds is 5. The Balaban J connectivity index is 1.93. The van der Waals surface area contributed by atoms with Gasteiger partial charge < -0.3 is 14.5 Å². The Labute approximate surface area is 143 Å². The van der Waals surface area contributed by atoms with E-state index < -0.39 is 18.5 Å². The number of nitrogens with one attached hydrogen (secondary N) is 1. The van der Waals surface area contributed by atoms with Crippen molar-refractivity contribution < 1.29 is 18.7 Å². The molecule has 0 aliphatic carbocycles. The lowest BCUT2D eigenvalue weighted by Gasteiger charge is -2.09. The zero-order chi connectivity index (χ0) is 17.7. The summed E-state index contributed by atoms with van der Waals surface area (Å²) in [5, 5.41) is 13.3. The van der Waals surface area contributed by atoms with Gasteiger partial charge in [-0.1, -0.05) is 0 Å². The number of anilines is 1. The van der Waals surface area contributed by atoms with Crippen LogP contribution < -0.4 is 5.32 Å². The first-order chi connectivity index (χ1) is 11.4. The smallest absolute Gasteiger partial charge is 0.342 e. The molecule has 0 aliphatic heterocycles. The molecule has 0 saturated carbocycles. The molecule has 0 fully saturated rings. The Morgan fingerprint density at radius 2 is 2.04 bits per heavy atom. The third-order valence-electron chi connectivity index (χ3n) is 3.23. The fourth-order valence-corrected chi connectivity index (χ4v) is 2.60. The van der Waals surface area contributed by atoms with E-state index in [4.69, 9.17) is 14.4 Å². The maximum Gasteiger partial charge on any atom is 0.342 e. The molecule has 1 aromatic carbocycles. The molecule has 0 atom stereocenters. The largest absolute Gasteiger partial charge is 0.466 e. The van der Waals surface area contributed by atoms with Crippen molar-refractivity contribution in [2.24, 2.45) is 0 Å². The predicted molar refractivity (Wildman–Crippen MR) is 89.7 cm³/mol. The quantitative estimate of drug-likeness (QED) is 0.506. The Hall–Kier alpha value is -2.72. The summed E-state index contributed by atoms with van der Waals surface area (Å²) in [5.74, 6) is 0.0242. The SMILES string of the molecule is Cc1cc(C(=O)OCC(=O)Nc2ccc(SC#N)cc2C)c(C)o1. The van der Waals surface area contributed by atoms with Crippen LogP contribution in [-0.4, -0.2) is 18.5 Å². The molecule has 124 valence electrons. The summed E-state index contributed by atoms with van der Waals surface area (Å²) in [5.41, 5.74) is 1.74. The number of amides is 1. The lowest BCUT2D eigenvalue weighted by molar-refractivity contribution is -0.119. The molecule has 1 heterocycles. The normalized spacial score (nSPS) is 10.1. The number of ether oxygens (including phenoxy) is 1. The maximum absolute atomic E-state index is 11.9. The second-order valence-electron chi connectivity index (χ2n) is 5.12. The second kappa shape index (κ2) is 7.70. The molecule has 2 rings (SSSR count).